The van der Waals surface area contributed by atoms with Gasteiger partial charge in [-0.2, -0.15) is 0 Å². The van der Waals surface area contributed by atoms with E-state index in [1.54, 1.807) is 6.07 Å². The molecule has 0 N–H and O–H groups in total. The maximum absolute atomic E-state index is 14.4. The van der Waals surface area contributed by atoms with Gasteiger partial charge in [0.15, 0.2) is 0 Å². The van der Waals surface area contributed by atoms with E-state index in [0.717, 1.165) is 32.4 Å². The molecule has 0 aliphatic carbocycles. The van der Waals surface area contributed by atoms with E-state index < -0.39 is 0 Å². The molecule has 0 bridgehead atoms. The summed E-state index contributed by atoms with van der Waals surface area (Å²) >= 11 is 0. The fourth-order valence-electron chi connectivity index (χ4n) is 3.00. The average molecular weight is 292 g/mol. The highest BCUT2D eigenvalue weighted by atomic mass is 19.1. The molecule has 2 aliphatic heterocycles. The lowest BCUT2D eigenvalue weighted by atomic mass is 10.1. The molecule has 1 aromatic carbocycles. The molecule has 4 nitrogen and oxygen atoms in total. The second-order valence-corrected chi connectivity index (χ2v) is 5.71. The normalized spacial score (nSPS) is 22.6. The van der Waals surface area contributed by atoms with Crippen LogP contribution in [-0.2, 0) is 4.74 Å². The molecule has 1 atom stereocenters. The topological polar surface area (TPSA) is 32.8 Å². The molecule has 2 aliphatic rings. The van der Waals surface area contributed by atoms with Crippen molar-refractivity contribution in [1.82, 2.24) is 0 Å². The molecule has 1 unspecified atom stereocenters. The number of nitrogens with zero attached hydrogens (tertiary/aromatic N) is 2. The molecule has 5 heteroatoms. The van der Waals surface area contributed by atoms with Gasteiger partial charge in [-0.1, -0.05) is 6.92 Å². The highest BCUT2D eigenvalue weighted by molar-refractivity contribution is 5.90. The van der Waals surface area contributed by atoms with E-state index in [4.69, 9.17) is 4.74 Å². The van der Waals surface area contributed by atoms with Gasteiger partial charge < -0.3 is 9.64 Å². The second-order valence-electron chi connectivity index (χ2n) is 5.71. The van der Waals surface area contributed by atoms with Crippen LogP contribution in [0.3, 0.4) is 0 Å². The molecule has 2 heterocycles. The van der Waals surface area contributed by atoms with E-state index in [0.29, 0.717) is 17.9 Å². The molecule has 3 rings (SSSR count). The molecule has 21 heavy (non-hydrogen) atoms. The van der Waals surface area contributed by atoms with Crippen molar-refractivity contribution in [1.29, 1.82) is 0 Å². The lowest BCUT2D eigenvalue weighted by Gasteiger charge is -2.29. The van der Waals surface area contributed by atoms with Crippen molar-refractivity contribution < 1.29 is 13.9 Å². The monoisotopic (exact) mass is 292 g/mol. The highest BCUT2D eigenvalue weighted by Crippen LogP contribution is 2.29. The summed E-state index contributed by atoms with van der Waals surface area (Å²) in [4.78, 5) is 15.4. The summed E-state index contributed by atoms with van der Waals surface area (Å²) in [7, 11) is 0. The van der Waals surface area contributed by atoms with Crippen LogP contribution in [0.15, 0.2) is 18.2 Å². The Balaban J connectivity index is 1.79. The number of anilines is 2. The summed E-state index contributed by atoms with van der Waals surface area (Å²) in [6.07, 6.45) is 3.73. The standard InChI is InChI=1S/C16H21FN2O2/c1-2-13-11-19(16(20)21-13)12-6-7-15(14(17)10-12)18-8-4-3-5-9-18/h6-7,10,13H,2-5,8-9,11H2,1H3. The van der Waals surface area contributed by atoms with Gasteiger partial charge >= 0.3 is 6.09 Å². The second kappa shape index (κ2) is 5.92. The van der Waals surface area contributed by atoms with E-state index in [9.17, 15) is 9.18 Å². The molecule has 2 saturated heterocycles. The molecule has 1 amide bonds. The molecule has 2 fully saturated rings. The zero-order chi connectivity index (χ0) is 14.8. The number of ether oxygens (including phenoxy) is 1. The maximum Gasteiger partial charge on any atom is 0.414 e. The van der Waals surface area contributed by atoms with Gasteiger partial charge in [-0.25, -0.2) is 9.18 Å². The average Bonchev–Trinajstić information content (AvgIpc) is 2.89. The van der Waals surface area contributed by atoms with Crippen LogP contribution < -0.4 is 9.80 Å². The molecule has 0 radical (unpaired) electrons. The quantitative estimate of drug-likeness (QED) is 0.854. The number of carbonyl (C=O) groups excluding carboxylic acids is 1. The number of amides is 1. The number of rotatable bonds is 3. The third-order valence-corrected chi connectivity index (χ3v) is 4.27. The van der Waals surface area contributed by atoms with Crippen molar-refractivity contribution in [3.8, 4) is 0 Å². The number of benzene rings is 1. The van der Waals surface area contributed by atoms with Gasteiger partial charge in [-0.15, -0.1) is 0 Å². The van der Waals surface area contributed by atoms with Gasteiger partial charge in [0.05, 0.1) is 17.9 Å². The van der Waals surface area contributed by atoms with E-state index in [1.165, 1.54) is 17.4 Å². The zero-order valence-corrected chi connectivity index (χ0v) is 12.3. The maximum atomic E-state index is 14.4. The van der Waals surface area contributed by atoms with Crippen LogP contribution in [0.1, 0.15) is 32.6 Å². The predicted octanol–water partition coefficient (Wildman–Crippen LogP) is 3.55. The summed E-state index contributed by atoms with van der Waals surface area (Å²) in [6.45, 7) is 4.28. The highest BCUT2D eigenvalue weighted by Gasteiger charge is 2.31. The van der Waals surface area contributed by atoms with Gasteiger partial charge in [0.25, 0.3) is 0 Å². The van der Waals surface area contributed by atoms with Crippen molar-refractivity contribution in [2.45, 2.75) is 38.7 Å². The Labute approximate surface area is 124 Å². The fourth-order valence-corrected chi connectivity index (χ4v) is 3.00. The number of hydrogen-bond acceptors (Lipinski definition) is 3. The Kier molecular flexibility index (Phi) is 3.99. The van der Waals surface area contributed by atoms with Crippen molar-refractivity contribution in [2.75, 3.05) is 29.4 Å². The number of cyclic esters (lactones) is 1. The van der Waals surface area contributed by atoms with Crippen LogP contribution in [0.25, 0.3) is 0 Å². The van der Waals surface area contributed by atoms with Gasteiger partial charge in [-0.05, 0) is 43.9 Å². The lowest BCUT2D eigenvalue weighted by Crippen LogP contribution is -2.30. The van der Waals surface area contributed by atoms with E-state index in [2.05, 4.69) is 4.90 Å². The van der Waals surface area contributed by atoms with Crippen LogP contribution in [0, 0.1) is 5.82 Å². The Morgan fingerprint density at radius 3 is 2.67 bits per heavy atom. The summed E-state index contributed by atoms with van der Waals surface area (Å²) in [5.41, 5.74) is 1.22. The van der Waals surface area contributed by atoms with Crippen LogP contribution in [-0.4, -0.2) is 31.8 Å². The molecular formula is C16H21FN2O2. The molecule has 0 aromatic heterocycles. The predicted molar refractivity (Wildman–Crippen MR) is 80.4 cm³/mol. The lowest BCUT2D eigenvalue weighted by molar-refractivity contribution is 0.139. The summed E-state index contributed by atoms with van der Waals surface area (Å²) in [5.74, 6) is -0.262. The molecule has 114 valence electrons. The summed E-state index contributed by atoms with van der Waals surface area (Å²) < 4.78 is 19.6. The van der Waals surface area contributed by atoms with Gasteiger partial charge in [0.2, 0.25) is 0 Å². The van der Waals surface area contributed by atoms with Crippen molar-refractivity contribution in [3.63, 3.8) is 0 Å². The smallest absolute Gasteiger partial charge is 0.414 e. The Morgan fingerprint density at radius 1 is 1.29 bits per heavy atom. The van der Waals surface area contributed by atoms with Crippen LogP contribution >= 0.6 is 0 Å². The van der Waals surface area contributed by atoms with E-state index >= 15 is 0 Å². The SMILES string of the molecule is CCC1CN(c2ccc(N3CCCCC3)c(F)c2)C(=O)O1. The van der Waals surface area contributed by atoms with E-state index in [-0.39, 0.29) is 18.0 Å². The number of piperidine rings is 1. The first-order valence-corrected chi connectivity index (χ1v) is 7.71. The van der Waals surface area contributed by atoms with E-state index in [1.807, 2.05) is 13.0 Å². The van der Waals surface area contributed by atoms with Crippen molar-refractivity contribution in [2.24, 2.45) is 0 Å². The molecular weight excluding hydrogens is 271 g/mol. The zero-order valence-electron chi connectivity index (χ0n) is 12.3. The van der Waals surface area contributed by atoms with Crippen LogP contribution in [0.2, 0.25) is 0 Å². The third kappa shape index (κ3) is 2.82. The molecule has 0 saturated carbocycles. The first-order chi connectivity index (χ1) is 10.2. The van der Waals surface area contributed by atoms with Crippen molar-refractivity contribution >= 4 is 17.5 Å². The summed E-state index contributed by atoms with van der Waals surface area (Å²) in [6, 6.07) is 5.04. The number of halogens is 1. The van der Waals surface area contributed by atoms with Crippen LogP contribution in [0.4, 0.5) is 20.6 Å². The number of hydrogen-bond donors (Lipinski definition) is 0. The molecule has 0 spiro atoms. The van der Waals surface area contributed by atoms with Gasteiger partial charge in [-0.3, -0.25) is 4.90 Å². The fraction of sp³-hybridized carbons (Fsp3) is 0.562. The minimum Gasteiger partial charge on any atom is -0.444 e. The Bertz CT molecular complexity index is 529. The Morgan fingerprint density at radius 2 is 2.05 bits per heavy atom. The van der Waals surface area contributed by atoms with Crippen LogP contribution in [0.5, 0.6) is 0 Å². The number of carbonyl (C=O) groups is 1. The first kappa shape index (κ1) is 14.2. The first-order valence-electron chi connectivity index (χ1n) is 7.71. The van der Waals surface area contributed by atoms with Gasteiger partial charge in [0.1, 0.15) is 11.9 Å². The molecule has 1 aromatic rings. The minimum atomic E-state index is -0.382. The third-order valence-electron chi connectivity index (χ3n) is 4.27. The largest absolute Gasteiger partial charge is 0.444 e. The minimum absolute atomic E-state index is 0.0951. The Hall–Kier alpha value is -1.78. The van der Waals surface area contributed by atoms with Crippen molar-refractivity contribution in [3.05, 3.63) is 24.0 Å². The summed E-state index contributed by atoms with van der Waals surface area (Å²) in [5, 5.41) is 0. The van der Waals surface area contributed by atoms with Gasteiger partial charge in [0, 0.05) is 13.1 Å².